The smallest absolute Gasteiger partial charge is 0.325 e. The highest BCUT2D eigenvalue weighted by Crippen LogP contribution is 2.37. The molecular weight excluding hydrogens is 294 g/mol. The molecule has 3 rings (SSSR count). The van der Waals surface area contributed by atoms with E-state index in [0.717, 1.165) is 30.6 Å². The van der Waals surface area contributed by atoms with E-state index in [1.165, 1.54) is 0 Å². The number of carbonyl (C=O) groups is 3. The Bertz CT molecular complexity index is 521. The first-order chi connectivity index (χ1) is 10.8. The SMILES string of the molecule is CC1CCC2(CC1)NC(=O)N(CC(=O)N(C)C(C)C1CC1)C2=O. The minimum atomic E-state index is -0.759. The molecule has 4 amide bonds. The van der Waals surface area contributed by atoms with Gasteiger partial charge in [-0.15, -0.1) is 0 Å². The molecule has 128 valence electrons. The molecule has 0 bridgehead atoms. The van der Waals surface area contributed by atoms with E-state index in [1.807, 2.05) is 6.92 Å². The number of imide groups is 1. The Morgan fingerprint density at radius 1 is 1.30 bits per heavy atom. The van der Waals surface area contributed by atoms with Crippen molar-refractivity contribution in [3.8, 4) is 0 Å². The Morgan fingerprint density at radius 3 is 2.48 bits per heavy atom. The highest BCUT2D eigenvalue weighted by Gasteiger charge is 2.52. The molecule has 6 nitrogen and oxygen atoms in total. The quantitative estimate of drug-likeness (QED) is 0.802. The van der Waals surface area contributed by atoms with E-state index in [9.17, 15) is 14.4 Å². The predicted molar refractivity (Wildman–Crippen MR) is 85.6 cm³/mol. The van der Waals surface area contributed by atoms with E-state index < -0.39 is 11.6 Å². The van der Waals surface area contributed by atoms with Crippen LogP contribution >= 0.6 is 0 Å². The first-order valence-corrected chi connectivity index (χ1v) is 8.74. The van der Waals surface area contributed by atoms with Gasteiger partial charge in [0.2, 0.25) is 5.91 Å². The summed E-state index contributed by atoms with van der Waals surface area (Å²) < 4.78 is 0. The zero-order valence-corrected chi connectivity index (χ0v) is 14.3. The van der Waals surface area contributed by atoms with Crippen molar-refractivity contribution in [1.82, 2.24) is 15.1 Å². The van der Waals surface area contributed by atoms with Gasteiger partial charge in [0.05, 0.1) is 0 Å². The lowest BCUT2D eigenvalue weighted by Gasteiger charge is -2.33. The van der Waals surface area contributed by atoms with E-state index >= 15 is 0 Å². The summed E-state index contributed by atoms with van der Waals surface area (Å²) in [5, 5.41) is 2.86. The van der Waals surface area contributed by atoms with Gasteiger partial charge in [0.1, 0.15) is 12.1 Å². The molecule has 2 saturated carbocycles. The standard InChI is InChI=1S/C17H27N3O3/c1-11-6-8-17(9-7-11)15(22)20(16(23)18-17)10-14(21)19(3)12(2)13-4-5-13/h11-13H,4-10H2,1-3H3,(H,18,23). The lowest BCUT2D eigenvalue weighted by molar-refractivity contribution is -0.140. The van der Waals surface area contributed by atoms with Crippen molar-refractivity contribution in [2.45, 2.75) is 64.0 Å². The summed E-state index contributed by atoms with van der Waals surface area (Å²) in [5.74, 6) is 0.786. The van der Waals surface area contributed by atoms with Crippen molar-refractivity contribution in [2.24, 2.45) is 11.8 Å². The highest BCUT2D eigenvalue weighted by atomic mass is 16.2. The number of amides is 4. The van der Waals surface area contributed by atoms with Crippen LogP contribution in [0.2, 0.25) is 0 Å². The molecule has 3 fully saturated rings. The summed E-state index contributed by atoms with van der Waals surface area (Å²) in [5.41, 5.74) is -0.759. The number of likely N-dealkylation sites (N-methyl/N-ethyl adjacent to an activating group) is 1. The fraction of sp³-hybridized carbons (Fsp3) is 0.824. The van der Waals surface area contributed by atoms with Gasteiger partial charge < -0.3 is 10.2 Å². The summed E-state index contributed by atoms with van der Waals surface area (Å²) >= 11 is 0. The molecule has 1 N–H and O–H groups in total. The van der Waals surface area contributed by atoms with Gasteiger partial charge in [-0.3, -0.25) is 14.5 Å². The van der Waals surface area contributed by atoms with Gasteiger partial charge in [0.15, 0.2) is 0 Å². The van der Waals surface area contributed by atoms with E-state index in [4.69, 9.17) is 0 Å². The van der Waals surface area contributed by atoms with Crippen LogP contribution in [0.15, 0.2) is 0 Å². The van der Waals surface area contributed by atoms with Crippen molar-refractivity contribution in [1.29, 1.82) is 0 Å². The third-order valence-corrected chi connectivity index (χ3v) is 5.98. The number of hydrogen-bond donors (Lipinski definition) is 1. The van der Waals surface area contributed by atoms with E-state index in [0.29, 0.717) is 24.7 Å². The third-order valence-electron chi connectivity index (χ3n) is 5.98. The van der Waals surface area contributed by atoms with Crippen molar-refractivity contribution in [2.75, 3.05) is 13.6 Å². The van der Waals surface area contributed by atoms with Crippen molar-refractivity contribution >= 4 is 17.8 Å². The van der Waals surface area contributed by atoms with Gasteiger partial charge in [0.25, 0.3) is 5.91 Å². The van der Waals surface area contributed by atoms with Crippen molar-refractivity contribution in [3.63, 3.8) is 0 Å². The molecule has 1 spiro atoms. The van der Waals surface area contributed by atoms with Crippen LogP contribution in [0.1, 0.15) is 52.4 Å². The van der Waals surface area contributed by atoms with Gasteiger partial charge in [-0.05, 0) is 57.3 Å². The van der Waals surface area contributed by atoms with E-state index in [1.54, 1.807) is 11.9 Å². The van der Waals surface area contributed by atoms with Crippen molar-refractivity contribution in [3.05, 3.63) is 0 Å². The van der Waals surface area contributed by atoms with Gasteiger partial charge in [-0.1, -0.05) is 6.92 Å². The third kappa shape index (κ3) is 2.95. The molecule has 0 aromatic rings. The molecule has 1 unspecified atom stereocenters. The van der Waals surface area contributed by atoms with Crippen LogP contribution in [-0.4, -0.2) is 52.8 Å². The summed E-state index contributed by atoms with van der Waals surface area (Å²) in [6.07, 6.45) is 5.54. The fourth-order valence-electron chi connectivity index (χ4n) is 3.78. The first kappa shape index (κ1) is 16.3. The molecule has 2 aliphatic carbocycles. The zero-order chi connectivity index (χ0) is 16.8. The van der Waals surface area contributed by atoms with Crippen LogP contribution in [0.3, 0.4) is 0 Å². The summed E-state index contributed by atoms with van der Waals surface area (Å²) in [6.45, 7) is 4.06. The largest absolute Gasteiger partial charge is 0.341 e. The minimum absolute atomic E-state index is 0.143. The monoisotopic (exact) mass is 321 g/mol. The average molecular weight is 321 g/mol. The van der Waals surface area contributed by atoms with E-state index in [-0.39, 0.29) is 24.4 Å². The molecule has 3 aliphatic rings. The Morgan fingerprint density at radius 2 is 1.91 bits per heavy atom. The lowest BCUT2D eigenvalue weighted by Crippen LogP contribution is -2.50. The topological polar surface area (TPSA) is 69.7 Å². The Kier molecular flexibility index (Phi) is 4.10. The molecule has 0 radical (unpaired) electrons. The van der Waals surface area contributed by atoms with Gasteiger partial charge in [-0.25, -0.2) is 4.79 Å². The fourth-order valence-corrected chi connectivity index (χ4v) is 3.78. The van der Waals surface area contributed by atoms with Crippen LogP contribution < -0.4 is 5.32 Å². The Labute approximate surface area is 137 Å². The number of nitrogens with zero attached hydrogens (tertiary/aromatic N) is 2. The van der Waals surface area contributed by atoms with Crippen LogP contribution in [-0.2, 0) is 9.59 Å². The maximum absolute atomic E-state index is 12.7. The maximum Gasteiger partial charge on any atom is 0.325 e. The summed E-state index contributed by atoms with van der Waals surface area (Å²) in [7, 11) is 1.77. The second-order valence-electron chi connectivity index (χ2n) is 7.67. The van der Waals surface area contributed by atoms with Crippen molar-refractivity contribution < 1.29 is 14.4 Å². The van der Waals surface area contributed by atoms with Gasteiger partial charge >= 0.3 is 6.03 Å². The zero-order valence-electron chi connectivity index (χ0n) is 14.3. The van der Waals surface area contributed by atoms with E-state index in [2.05, 4.69) is 12.2 Å². The Balaban J connectivity index is 1.64. The van der Waals surface area contributed by atoms with Gasteiger partial charge in [-0.2, -0.15) is 0 Å². The molecule has 0 aromatic carbocycles. The summed E-state index contributed by atoms with van der Waals surface area (Å²) in [6, 6.07) is -0.238. The second kappa shape index (κ2) is 5.80. The number of urea groups is 1. The highest BCUT2D eigenvalue weighted by molar-refractivity contribution is 6.09. The van der Waals surface area contributed by atoms with Crippen LogP contribution in [0.4, 0.5) is 4.79 Å². The number of rotatable bonds is 4. The maximum atomic E-state index is 12.7. The average Bonchev–Trinajstić information content (AvgIpc) is 3.34. The molecule has 1 atom stereocenters. The van der Waals surface area contributed by atoms with Crippen LogP contribution in [0.5, 0.6) is 0 Å². The number of nitrogens with one attached hydrogen (secondary N) is 1. The van der Waals surface area contributed by atoms with Crippen LogP contribution in [0, 0.1) is 11.8 Å². The minimum Gasteiger partial charge on any atom is -0.341 e. The molecule has 1 saturated heterocycles. The second-order valence-corrected chi connectivity index (χ2v) is 7.67. The molecule has 0 aromatic heterocycles. The molecule has 23 heavy (non-hydrogen) atoms. The normalized spacial score (nSPS) is 32.1. The molecular formula is C17H27N3O3. The molecule has 6 heteroatoms. The van der Waals surface area contributed by atoms with Gasteiger partial charge in [0, 0.05) is 13.1 Å². The Hall–Kier alpha value is -1.59. The summed E-state index contributed by atoms with van der Waals surface area (Å²) in [4.78, 5) is 40.2. The number of carbonyl (C=O) groups excluding carboxylic acids is 3. The molecule has 1 heterocycles. The first-order valence-electron chi connectivity index (χ1n) is 8.74. The lowest BCUT2D eigenvalue weighted by atomic mass is 9.77. The van der Waals surface area contributed by atoms with Crippen LogP contribution in [0.25, 0.3) is 0 Å². The molecule has 1 aliphatic heterocycles. The predicted octanol–water partition coefficient (Wildman–Crippen LogP) is 1.74. The number of hydrogen-bond acceptors (Lipinski definition) is 3.